The van der Waals surface area contributed by atoms with E-state index in [0.717, 1.165) is 45.9 Å². The van der Waals surface area contributed by atoms with E-state index in [1.54, 1.807) is 13.2 Å². The summed E-state index contributed by atoms with van der Waals surface area (Å²) in [5, 5.41) is 25.1. The van der Waals surface area contributed by atoms with E-state index in [-0.39, 0.29) is 24.3 Å². The van der Waals surface area contributed by atoms with Gasteiger partial charge < -0.3 is 35.0 Å². The third-order valence-electron chi connectivity index (χ3n) is 10.7. The molecule has 13 heteroatoms. The lowest BCUT2D eigenvalue weighted by atomic mass is 9.96. The Kier molecular flexibility index (Phi) is 11.4. The molecule has 0 saturated heterocycles. The molecular weight excluding hydrogens is 733 g/mol. The monoisotopic (exact) mass is 780 g/mol. The number of para-hydroxylation sites is 4. The molecule has 4 heterocycles. The van der Waals surface area contributed by atoms with E-state index in [1.807, 2.05) is 107 Å². The molecule has 4 aromatic carbocycles. The van der Waals surface area contributed by atoms with Gasteiger partial charge >= 0.3 is 0 Å². The van der Waals surface area contributed by atoms with Gasteiger partial charge in [-0.25, -0.2) is 9.36 Å². The Labute approximate surface area is 337 Å². The molecule has 0 saturated carbocycles. The van der Waals surface area contributed by atoms with E-state index in [2.05, 4.69) is 61.8 Å². The van der Waals surface area contributed by atoms with Crippen LogP contribution in [0.1, 0.15) is 30.0 Å². The summed E-state index contributed by atoms with van der Waals surface area (Å²) in [7, 11) is 1.62. The van der Waals surface area contributed by atoms with Crippen LogP contribution in [0.4, 0.5) is 11.4 Å². The number of likely N-dealkylation sites (N-methyl/N-ethyl adjacent to an activating group) is 1. The van der Waals surface area contributed by atoms with Crippen molar-refractivity contribution >= 4 is 23.2 Å². The van der Waals surface area contributed by atoms with E-state index >= 15 is 0 Å². The summed E-state index contributed by atoms with van der Waals surface area (Å²) in [6.45, 7) is 3.99. The van der Waals surface area contributed by atoms with Crippen molar-refractivity contribution in [2.45, 2.75) is 51.1 Å². The number of amides is 2. The SMILES string of the molecule is CNC(=O)C1CN(Cc2ccc(-n3cc(C[C@@H](C)C[C@@H](CO)NC(=O)[C@H]4CN(Cc5ccc(-n6cccn6)cc5)c5ccccc5O4)cn3)cc2)c2ccccc2O1. The first kappa shape index (κ1) is 38.3. The number of nitrogens with zero attached hydrogens (tertiary/aromatic N) is 6. The van der Waals surface area contributed by atoms with E-state index in [0.29, 0.717) is 44.1 Å². The van der Waals surface area contributed by atoms with Gasteiger partial charge in [0.05, 0.1) is 54.7 Å². The number of carbonyl (C=O) groups is 2. The zero-order valence-electron chi connectivity index (χ0n) is 32.6. The summed E-state index contributed by atoms with van der Waals surface area (Å²) >= 11 is 0. The van der Waals surface area contributed by atoms with Crippen LogP contribution in [0.2, 0.25) is 0 Å². The van der Waals surface area contributed by atoms with Crippen LogP contribution in [-0.2, 0) is 29.1 Å². The molecule has 8 rings (SSSR count). The first-order chi connectivity index (χ1) is 28.3. The number of hydrogen-bond acceptors (Lipinski definition) is 9. The molecule has 3 N–H and O–H groups in total. The van der Waals surface area contributed by atoms with Crippen LogP contribution in [0.15, 0.2) is 128 Å². The fourth-order valence-corrected chi connectivity index (χ4v) is 7.77. The average Bonchev–Trinajstić information content (AvgIpc) is 3.97. The number of fused-ring (bicyclic) bond motifs is 2. The van der Waals surface area contributed by atoms with Crippen LogP contribution in [0, 0.1) is 5.92 Å². The molecule has 298 valence electrons. The summed E-state index contributed by atoms with van der Waals surface area (Å²) in [5.41, 5.74) is 7.06. The van der Waals surface area contributed by atoms with E-state index in [4.69, 9.17) is 9.47 Å². The van der Waals surface area contributed by atoms with Crippen molar-refractivity contribution < 1.29 is 24.2 Å². The number of aromatic nitrogens is 4. The van der Waals surface area contributed by atoms with Crippen molar-refractivity contribution in [3.63, 3.8) is 0 Å². The van der Waals surface area contributed by atoms with Gasteiger partial charge in [0.25, 0.3) is 11.8 Å². The molecule has 0 radical (unpaired) electrons. The lowest BCUT2D eigenvalue weighted by Gasteiger charge is -2.36. The van der Waals surface area contributed by atoms with Crippen LogP contribution in [0.5, 0.6) is 11.5 Å². The van der Waals surface area contributed by atoms with Crippen LogP contribution in [-0.4, -0.2) is 81.5 Å². The van der Waals surface area contributed by atoms with E-state index < -0.39 is 18.2 Å². The van der Waals surface area contributed by atoms with Crippen LogP contribution >= 0.6 is 0 Å². The molecule has 2 aliphatic heterocycles. The van der Waals surface area contributed by atoms with Crippen LogP contribution in [0.3, 0.4) is 0 Å². The zero-order valence-corrected chi connectivity index (χ0v) is 32.6. The second kappa shape index (κ2) is 17.3. The van der Waals surface area contributed by atoms with Crippen molar-refractivity contribution in [3.05, 3.63) is 145 Å². The molecule has 0 spiro atoms. The molecule has 0 fully saturated rings. The van der Waals surface area contributed by atoms with Gasteiger partial charge in [0, 0.05) is 38.7 Å². The first-order valence-electron chi connectivity index (χ1n) is 19.7. The molecule has 6 aromatic rings. The number of rotatable bonds is 14. The number of aliphatic hydroxyl groups excluding tert-OH is 1. The number of hydrogen-bond donors (Lipinski definition) is 3. The standard InChI is InChI=1S/C45H48N8O5/c1-31(22-34-24-48-53(27-34)37-18-14-33(15-19-37)25-50-28-42(44(55)46-2)57-40-10-5-3-8-38(40)50)23-35(30-54)49-45(56)43-29-51(39-9-4-6-11-41(39)58-43)26-32-12-16-36(17-13-32)52-21-7-20-47-52/h3-21,24,27,31,35,42-43,54H,22-23,25-26,28-30H2,1-2H3,(H,46,55)(H,49,56)/t31-,35+,42?,43-/m1/s1. The van der Waals surface area contributed by atoms with Gasteiger partial charge in [-0.15, -0.1) is 0 Å². The smallest absolute Gasteiger partial charge is 0.263 e. The fraction of sp³-hybridized carbons (Fsp3) is 0.289. The molecule has 13 nitrogen and oxygen atoms in total. The maximum absolute atomic E-state index is 13.7. The Morgan fingerprint density at radius 2 is 1.31 bits per heavy atom. The molecule has 0 aliphatic carbocycles. The number of nitrogens with one attached hydrogen (secondary N) is 2. The predicted octanol–water partition coefficient (Wildman–Crippen LogP) is 5.09. The van der Waals surface area contributed by atoms with Gasteiger partial charge in [-0.05, 0) is 90.0 Å². The lowest BCUT2D eigenvalue weighted by molar-refractivity contribution is -0.129. The maximum Gasteiger partial charge on any atom is 0.263 e. The molecule has 4 atom stereocenters. The average molecular weight is 781 g/mol. The number of ether oxygens (including phenoxy) is 2. The van der Waals surface area contributed by atoms with Gasteiger partial charge in [-0.1, -0.05) is 55.5 Å². The topological polar surface area (TPSA) is 139 Å². The Morgan fingerprint density at radius 1 is 0.741 bits per heavy atom. The van der Waals surface area contributed by atoms with E-state index in [9.17, 15) is 14.7 Å². The highest BCUT2D eigenvalue weighted by Gasteiger charge is 2.33. The largest absolute Gasteiger partial charge is 0.477 e. The fourth-order valence-electron chi connectivity index (χ4n) is 7.77. The van der Waals surface area contributed by atoms with Gasteiger partial charge in [-0.2, -0.15) is 10.2 Å². The Morgan fingerprint density at radius 3 is 1.86 bits per heavy atom. The summed E-state index contributed by atoms with van der Waals surface area (Å²) in [5.74, 6) is 1.11. The number of aliphatic hydroxyl groups is 1. The normalized spacial score (nSPS) is 16.9. The van der Waals surface area contributed by atoms with Gasteiger partial charge in [0.2, 0.25) is 0 Å². The summed E-state index contributed by atoms with van der Waals surface area (Å²) < 4.78 is 15.9. The Bertz CT molecular complexity index is 2310. The van der Waals surface area contributed by atoms with Gasteiger partial charge in [0.15, 0.2) is 12.2 Å². The molecule has 0 bridgehead atoms. The van der Waals surface area contributed by atoms with Crippen LogP contribution < -0.4 is 29.9 Å². The second-order valence-corrected chi connectivity index (χ2v) is 15.0. The highest BCUT2D eigenvalue weighted by atomic mass is 16.5. The quantitative estimate of drug-likeness (QED) is 0.138. The summed E-state index contributed by atoms with van der Waals surface area (Å²) in [4.78, 5) is 30.4. The molecular formula is C45H48N8O5. The number of anilines is 2. The third kappa shape index (κ3) is 8.69. The summed E-state index contributed by atoms with van der Waals surface area (Å²) in [6, 6.07) is 33.5. The highest BCUT2D eigenvalue weighted by molar-refractivity contribution is 5.84. The van der Waals surface area contributed by atoms with E-state index in [1.165, 1.54) is 0 Å². The summed E-state index contributed by atoms with van der Waals surface area (Å²) in [6.07, 6.45) is 7.55. The number of carbonyl (C=O) groups excluding carboxylic acids is 2. The van der Waals surface area contributed by atoms with Crippen molar-refractivity contribution in [1.82, 2.24) is 30.2 Å². The lowest BCUT2D eigenvalue weighted by Crippen LogP contribution is -2.52. The molecule has 2 aliphatic rings. The number of benzene rings is 4. The minimum Gasteiger partial charge on any atom is -0.477 e. The molecule has 2 amide bonds. The molecule has 1 unspecified atom stereocenters. The molecule has 58 heavy (non-hydrogen) atoms. The van der Waals surface area contributed by atoms with Crippen LogP contribution in [0.25, 0.3) is 11.4 Å². The third-order valence-corrected chi connectivity index (χ3v) is 10.7. The van der Waals surface area contributed by atoms with Crippen molar-refractivity contribution in [2.75, 3.05) is 36.5 Å². The van der Waals surface area contributed by atoms with Crippen molar-refractivity contribution in [1.29, 1.82) is 0 Å². The van der Waals surface area contributed by atoms with Crippen molar-refractivity contribution in [3.8, 4) is 22.9 Å². The minimum absolute atomic E-state index is 0.149. The zero-order chi connectivity index (χ0) is 40.0. The molecule has 2 aromatic heterocycles. The highest BCUT2D eigenvalue weighted by Crippen LogP contribution is 2.35. The Hall–Kier alpha value is -6.60. The predicted molar refractivity (Wildman–Crippen MR) is 222 cm³/mol. The van der Waals surface area contributed by atoms with Crippen molar-refractivity contribution in [2.24, 2.45) is 5.92 Å². The second-order valence-electron chi connectivity index (χ2n) is 15.0. The Balaban J connectivity index is 0.852. The van der Waals surface area contributed by atoms with Gasteiger partial charge in [0.1, 0.15) is 11.5 Å². The van der Waals surface area contributed by atoms with Gasteiger partial charge in [-0.3, -0.25) is 9.59 Å². The minimum atomic E-state index is -0.739. The first-order valence-corrected chi connectivity index (χ1v) is 19.7. The maximum atomic E-state index is 13.7.